The fraction of sp³-hybridized carbons (Fsp3) is 0.673. The first-order valence-corrected chi connectivity index (χ1v) is 31.4. The van der Waals surface area contributed by atoms with E-state index in [1.807, 2.05) is 13.8 Å². The van der Waals surface area contributed by atoms with Gasteiger partial charge >= 0.3 is 0 Å². The van der Waals surface area contributed by atoms with Crippen LogP contribution in [-0.2, 0) is 0 Å². The van der Waals surface area contributed by atoms with Gasteiger partial charge in [0, 0.05) is 30.3 Å². The molecule has 0 aliphatic carbocycles. The summed E-state index contributed by atoms with van der Waals surface area (Å²) in [4.78, 5) is 0. The second kappa shape index (κ2) is 21.7. The monoisotopic (exact) mass is 913 g/mol. The molecule has 0 aliphatic heterocycles. The van der Waals surface area contributed by atoms with E-state index in [9.17, 15) is 8.78 Å². The number of hydrogen-bond acceptors (Lipinski definition) is 1. The van der Waals surface area contributed by atoms with E-state index in [1.165, 1.54) is 37.0 Å². The highest BCUT2D eigenvalue weighted by Crippen LogP contribution is 2.49. The van der Waals surface area contributed by atoms with Crippen molar-refractivity contribution in [2.24, 2.45) is 0 Å². The standard InChI is InChI=1S/C49H73F8OSi3/c1-12-59(11,13-2)26-22-18-14-15-19-23-27-60(31(3)4,28-24-20-16-17-21-25-29-61(32(5)6,33(7)8)34(9)10)58-49-47(56)40-38-37-35(42(51)44(40)53)30-36(50)43(52)39(37)45(54)46(55)41(38)48(49)57/h31-34H,12-29H2,1-11H3. The molecule has 1 radical (unpaired) electrons. The third-order valence-corrected chi connectivity index (χ3v) is 33.1. The third-order valence-electron chi connectivity index (χ3n) is 15.4. The highest BCUT2D eigenvalue weighted by Gasteiger charge is 2.44. The van der Waals surface area contributed by atoms with Gasteiger partial charge in [0.1, 0.15) is 0 Å². The highest BCUT2D eigenvalue weighted by atomic mass is 28.4. The molecule has 0 heterocycles. The van der Waals surface area contributed by atoms with Crippen molar-refractivity contribution in [3.8, 4) is 5.75 Å². The van der Waals surface area contributed by atoms with E-state index in [0.717, 1.165) is 64.2 Å². The predicted octanol–water partition coefficient (Wildman–Crippen LogP) is 18.7. The van der Waals surface area contributed by atoms with Gasteiger partial charge in [-0.3, -0.25) is 0 Å². The predicted molar refractivity (Wildman–Crippen MR) is 248 cm³/mol. The number of unbranched alkanes of at least 4 members (excludes halogenated alkanes) is 10. The number of hydrogen-bond donors (Lipinski definition) is 0. The van der Waals surface area contributed by atoms with E-state index >= 15 is 26.3 Å². The molecule has 0 bridgehead atoms. The van der Waals surface area contributed by atoms with Crippen molar-refractivity contribution in [3.63, 3.8) is 0 Å². The molecule has 4 aromatic carbocycles. The molecule has 1 atom stereocenters. The molecule has 4 aromatic rings. The summed E-state index contributed by atoms with van der Waals surface area (Å²) < 4.78 is 132. The van der Waals surface area contributed by atoms with Crippen LogP contribution >= 0.6 is 0 Å². The molecule has 61 heavy (non-hydrogen) atoms. The van der Waals surface area contributed by atoms with Crippen LogP contribution in [0.5, 0.6) is 5.75 Å². The van der Waals surface area contributed by atoms with Gasteiger partial charge in [0.25, 0.3) is 8.32 Å². The number of rotatable bonds is 26. The zero-order valence-electron chi connectivity index (χ0n) is 39.0. The summed E-state index contributed by atoms with van der Waals surface area (Å²) >= 11 is 0. The first-order valence-electron chi connectivity index (χ1n) is 23.5. The summed E-state index contributed by atoms with van der Waals surface area (Å²) in [6, 6.07) is 7.96. The summed E-state index contributed by atoms with van der Waals surface area (Å²) in [5.74, 6) is -15.8. The van der Waals surface area contributed by atoms with Gasteiger partial charge in [0.2, 0.25) is 0 Å². The van der Waals surface area contributed by atoms with Crippen LogP contribution in [0.2, 0.25) is 65.0 Å². The van der Waals surface area contributed by atoms with Gasteiger partial charge in [0.15, 0.2) is 52.3 Å². The van der Waals surface area contributed by atoms with Crippen LogP contribution in [0.15, 0.2) is 0 Å². The lowest BCUT2D eigenvalue weighted by Crippen LogP contribution is -2.45. The lowest BCUT2D eigenvalue weighted by Gasteiger charge is -2.43. The van der Waals surface area contributed by atoms with Crippen LogP contribution < -0.4 is 4.43 Å². The smallest absolute Gasteiger partial charge is 0.254 e. The quantitative estimate of drug-likeness (QED) is 0.0264. The van der Waals surface area contributed by atoms with Crippen LogP contribution in [0.3, 0.4) is 0 Å². The molecule has 0 aromatic heterocycles. The van der Waals surface area contributed by atoms with E-state index in [2.05, 4.69) is 61.9 Å². The van der Waals surface area contributed by atoms with Crippen LogP contribution in [0.25, 0.3) is 32.3 Å². The molecule has 343 valence electrons. The Kier molecular flexibility index (Phi) is 18.3. The third kappa shape index (κ3) is 10.5. The second-order valence-corrected chi connectivity index (χ2v) is 36.1. The molecule has 0 fully saturated rings. The van der Waals surface area contributed by atoms with Crippen molar-refractivity contribution < 1.29 is 39.5 Å². The van der Waals surface area contributed by atoms with Crippen molar-refractivity contribution in [2.45, 2.75) is 211 Å². The van der Waals surface area contributed by atoms with Crippen molar-refractivity contribution in [1.29, 1.82) is 0 Å². The molecule has 0 saturated heterocycles. The first-order chi connectivity index (χ1) is 28.7. The Morgan fingerprint density at radius 1 is 0.426 bits per heavy atom. The van der Waals surface area contributed by atoms with Gasteiger partial charge in [-0.15, -0.1) is 0 Å². The molecule has 1 nitrogen and oxygen atoms in total. The number of benzene rings is 4. The summed E-state index contributed by atoms with van der Waals surface area (Å²) in [5.41, 5.74) is 1.96. The van der Waals surface area contributed by atoms with Gasteiger partial charge in [-0.05, 0) is 17.6 Å². The summed E-state index contributed by atoms with van der Waals surface area (Å²) in [7, 11) is -5.83. The maximum Gasteiger partial charge on any atom is 0.254 e. The van der Waals surface area contributed by atoms with E-state index in [1.54, 1.807) is 6.07 Å². The average Bonchev–Trinajstić information content (AvgIpc) is 3.20. The molecule has 0 amide bonds. The molecule has 0 saturated carbocycles. The Balaban J connectivity index is 1.62. The first kappa shape index (κ1) is 51.4. The average molecular weight is 914 g/mol. The lowest BCUT2D eigenvalue weighted by atomic mass is 9.91. The fourth-order valence-electron chi connectivity index (χ4n) is 10.9. The molecule has 1 unspecified atom stereocenters. The minimum atomic E-state index is -3.21. The minimum Gasteiger partial charge on any atom is -0.539 e. The Morgan fingerprint density at radius 3 is 1.21 bits per heavy atom. The van der Waals surface area contributed by atoms with Crippen molar-refractivity contribution in [2.75, 3.05) is 0 Å². The molecular formula is C49H73F8OSi3. The maximum atomic E-state index is 16.8. The maximum absolute atomic E-state index is 16.8. The Morgan fingerprint density at radius 2 is 0.803 bits per heavy atom. The molecule has 12 heteroatoms. The topological polar surface area (TPSA) is 9.23 Å². The largest absolute Gasteiger partial charge is 0.539 e. The van der Waals surface area contributed by atoms with Crippen molar-refractivity contribution in [1.82, 2.24) is 0 Å². The van der Waals surface area contributed by atoms with E-state index < -0.39 is 109 Å². The van der Waals surface area contributed by atoms with E-state index in [0.29, 0.717) is 28.7 Å². The number of halogens is 8. The van der Waals surface area contributed by atoms with Gasteiger partial charge < -0.3 is 4.43 Å². The van der Waals surface area contributed by atoms with Gasteiger partial charge in [0.05, 0.1) is 24.2 Å². The lowest BCUT2D eigenvalue weighted by molar-refractivity contribution is 0.426. The van der Waals surface area contributed by atoms with E-state index in [4.69, 9.17) is 4.43 Å². The van der Waals surface area contributed by atoms with E-state index in [-0.39, 0.29) is 5.54 Å². The van der Waals surface area contributed by atoms with Gasteiger partial charge in [-0.1, -0.05) is 194 Å². The molecular weight excluding hydrogens is 841 g/mol. The zero-order chi connectivity index (χ0) is 45.6. The Bertz CT molecular complexity index is 2020. The molecule has 0 N–H and O–H groups in total. The second-order valence-electron chi connectivity index (χ2n) is 19.9. The summed E-state index contributed by atoms with van der Waals surface area (Å²) in [5, 5.41) is -6.65. The molecule has 4 rings (SSSR count). The van der Waals surface area contributed by atoms with Gasteiger partial charge in [-0.25, -0.2) is 35.1 Å². The Labute approximate surface area is 364 Å². The van der Waals surface area contributed by atoms with Crippen LogP contribution in [0.4, 0.5) is 35.1 Å². The molecule has 0 aliphatic rings. The van der Waals surface area contributed by atoms with Crippen molar-refractivity contribution >= 4 is 56.8 Å². The summed E-state index contributed by atoms with van der Waals surface area (Å²) in [6.45, 7) is 25.3. The zero-order valence-corrected chi connectivity index (χ0v) is 42.0. The van der Waals surface area contributed by atoms with Gasteiger partial charge in [-0.2, -0.15) is 0 Å². The minimum absolute atomic E-state index is 0.182. The van der Waals surface area contributed by atoms with Crippen LogP contribution in [0, 0.1) is 52.6 Å². The normalized spacial score (nSPS) is 14.1. The van der Waals surface area contributed by atoms with Crippen molar-refractivity contribution in [3.05, 3.63) is 52.6 Å². The van der Waals surface area contributed by atoms with Crippen LogP contribution in [0.1, 0.15) is 146 Å². The SMILES string of the molecule is CC[Si](C)(CC)CCCCCCCC[Si](CCCCCCCC[Si](C(C)C)(C(C)C)C(C)C)(Oc1c(F)c2c(F)c(F)c3[c]c(F)c(F)c4c(F)c(F)c(c1F)c2c34)C(C)C. The summed E-state index contributed by atoms with van der Waals surface area (Å²) in [6.07, 6.45) is 12.1. The highest BCUT2D eigenvalue weighted by molar-refractivity contribution is 6.83. The Hall–Kier alpha value is -2.19. The van der Waals surface area contributed by atoms with Crippen LogP contribution in [-0.4, -0.2) is 24.5 Å². The fourth-order valence-corrected chi connectivity index (χ4v) is 23.9. The molecule has 0 spiro atoms.